The van der Waals surface area contributed by atoms with Gasteiger partial charge in [0, 0.05) is 12.2 Å². The Hall–Kier alpha value is -1.07. The van der Waals surface area contributed by atoms with Gasteiger partial charge in [0.1, 0.15) is 0 Å². The first-order chi connectivity index (χ1) is 9.31. The second-order valence-corrected chi connectivity index (χ2v) is 7.77. The van der Waals surface area contributed by atoms with Crippen molar-refractivity contribution in [3.05, 3.63) is 23.3 Å². The Labute approximate surface area is 121 Å². The van der Waals surface area contributed by atoms with Crippen LogP contribution in [0.1, 0.15) is 37.3 Å². The van der Waals surface area contributed by atoms with E-state index in [9.17, 15) is 8.42 Å². The number of benzene rings is 1. The molecule has 1 aromatic carbocycles. The molecule has 0 spiro atoms. The van der Waals surface area contributed by atoms with Crippen molar-refractivity contribution in [3.8, 4) is 0 Å². The summed E-state index contributed by atoms with van der Waals surface area (Å²) >= 11 is 0. The van der Waals surface area contributed by atoms with E-state index in [-0.39, 0.29) is 0 Å². The second-order valence-electron chi connectivity index (χ2n) is 6.06. The van der Waals surface area contributed by atoms with Crippen molar-refractivity contribution in [2.24, 2.45) is 11.8 Å². The fourth-order valence-electron chi connectivity index (χ4n) is 3.07. The molecule has 0 aromatic heterocycles. The molecule has 1 saturated carbocycles. The number of hydrogen-bond acceptors (Lipinski definition) is 3. The maximum absolute atomic E-state index is 12.5. The molecule has 20 heavy (non-hydrogen) atoms. The van der Waals surface area contributed by atoms with Gasteiger partial charge in [-0.15, -0.1) is 0 Å². The van der Waals surface area contributed by atoms with Crippen LogP contribution in [0.25, 0.3) is 0 Å². The molecular weight excluding hydrogens is 272 g/mol. The Balaban J connectivity index is 2.17. The Kier molecular flexibility index (Phi) is 4.39. The molecule has 2 unspecified atom stereocenters. The van der Waals surface area contributed by atoms with Crippen LogP contribution < -0.4 is 10.5 Å². The number of sulfonamides is 1. The van der Waals surface area contributed by atoms with Crippen LogP contribution in [-0.4, -0.2) is 15.0 Å². The first-order valence-electron chi connectivity index (χ1n) is 7.16. The van der Waals surface area contributed by atoms with Gasteiger partial charge in [0.15, 0.2) is 0 Å². The number of hydrogen-bond donors (Lipinski definition) is 2. The molecule has 0 amide bonds. The molecule has 1 aliphatic carbocycles. The summed E-state index contributed by atoms with van der Waals surface area (Å²) in [7, 11) is -3.48. The van der Waals surface area contributed by atoms with E-state index in [4.69, 9.17) is 5.73 Å². The van der Waals surface area contributed by atoms with E-state index in [0.29, 0.717) is 34.5 Å². The molecule has 112 valence electrons. The molecule has 0 heterocycles. The summed E-state index contributed by atoms with van der Waals surface area (Å²) in [5.74, 6) is 1.17. The standard InChI is InChI=1S/C15H24N2O2S/c1-10-4-6-13(8-10)9-17-20(18,19)15-11(2)5-7-14(16)12(15)3/h5,7,10,13,17H,4,6,8-9,16H2,1-3H3. The minimum Gasteiger partial charge on any atom is -0.398 e. The minimum absolute atomic E-state index is 0.337. The van der Waals surface area contributed by atoms with Crippen LogP contribution in [0.3, 0.4) is 0 Å². The Bertz CT molecular complexity index is 596. The molecule has 1 fully saturated rings. The Morgan fingerprint density at radius 3 is 2.60 bits per heavy atom. The molecule has 3 N–H and O–H groups in total. The van der Waals surface area contributed by atoms with Crippen molar-refractivity contribution in [1.82, 2.24) is 4.72 Å². The van der Waals surface area contributed by atoms with Crippen LogP contribution in [0.4, 0.5) is 5.69 Å². The van der Waals surface area contributed by atoms with Crippen molar-refractivity contribution in [2.75, 3.05) is 12.3 Å². The minimum atomic E-state index is -3.48. The fraction of sp³-hybridized carbons (Fsp3) is 0.600. The average molecular weight is 296 g/mol. The third-order valence-corrected chi connectivity index (χ3v) is 5.99. The summed E-state index contributed by atoms with van der Waals surface area (Å²) < 4.78 is 27.8. The summed E-state index contributed by atoms with van der Waals surface area (Å²) in [6, 6.07) is 3.51. The number of nitrogens with one attached hydrogen (secondary N) is 1. The topological polar surface area (TPSA) is 72.2 Å². The number of aryl methyl sites for hydroxylation is 1. The lowest BCUT2D eigenvalue weighted by Gasteiger charge is -2.16. The first kappa shape index (κ1) is 15.3. The summed E-state index contributed by atoms with van der Waals surface area (Å²) in [6.07, 6.45) is 3.42. The Morgan fingerprint density at radius 2 is 2.00 bits per heavy atom. The average Bonchev–Trinajstić information content (AvgIpc) is 2.78. The smallest absolute Gasteiger partial charge is 0.241 e. The van der Waals surface area contributed by atoms with Gasteiger partial charge in [0.05, 0.1) is 4.90 Å². The van der Waals surface area contributed by atoms with Crippen LogP contribution in [0.5, 0.6) is 0 Å². The number of anilines is 1. The van der Waals surface area contributed by atoms with Crippen LogP contribution in [0, 0.1) is 25.7 Å². The van der Waals surface area contributed by atoms with E-state index < -0.39 is 10.0 Å². The normalized spacial score (nSPS) is 23.1. The second kappa shape index (κ2) is 5.74. The van der Waals surface area contributed by atoms with E-state index in [1.54, 1.807) is 26.0 Å². The lowest BCUT2D eigenvalue weighted by atomic mass is 10.1. The van der Waals surface area contributed by atoms with Gasteiger partial charge in [-0.3, -0.25) is 0 Å². The molecule has 1 aliphatic rings. The molecule has 2 rings (SSSR count). The predicted molar refractivity (Wildman–Crippen MR) is 82.0 cm³/mol. The third-order valence-electron chi connectivity index (χ3n) is 4.28. The summed E-state index contributed by atoms with van der Waals surface area (Å²) in [6.45, 7) is 6.31. The van der Waals surface area contributed by atoms with Crippen LogP contribution in [0.15, 0.2) is 17.0 Å². The quantitative estimate of drug-likeness (QED) is 0.839. The van der Waals surface area contributed by atoms with Gasteiger partial charge in [-0.25, -0.2) is 13.1 Å². The summed E-state index contributed by atoms with van der Waals surface area (Å²) in [5, 5.41) is 0. The van der Waals surface area contributed by atoms with E-state index >= 15 is 0 Å². The van der Waals surface area contributed by atoms with Gasteiger partial charge in [-0.2, -0.15) is 0 Å². The van der Waals surface area contributed by atoms with Gasteiger partial charge in [-0.05, 0) is 55.7 Å². The van der Waals surface area contributed by atoms with Crippen LogP contribution in [0.2, 0.25) is 0 Å². The van der Waals surface area contributed by atoms with E-state index in [0.717, 1.165) is 18.4 Å². The van der Waals surface area contributed by atoms with Crippen molar-refractivity contribution < 1.29 is 8.42 Å². The van der Waals surface area contributed by atoms with Crippen molar-refractivity contribution >= 4 is 15.7 Å². The lowest BCUT2D eigenvalue weighted by Crippen LogP contribution is -2.30. The zero-order valence-electron chi connectivity index (χ0n) is 12.4. The molecule has 5 heteroatoms. The summed E-state index contributed by atoms with van der Waals surface area (Å²) in [4.78, 5) is 0.337. The van der Waals surface area contributed by atoms with Crippen LogP contribution >= 0.6 is 0 Å². The van der Waals surface area contributed by atoms with E-state index in [1.165, 1.54) is 6.42 Å². The van der Waals surface area contributed by atoms with Gasteiger partial charge in [-0.1, -0.05) is 19.4 Å². The highest BCUT2D eigenvalue weighted by molar-refractivity contribution is 7.89. The highest BCUT2D eigenvalue weighted by atomic mass is 32.2. The van der Waals surface area contributed by atoms with Gasteiger partial charge >= 0.3 is 0 Å². The largest absolute Gasteiger partial charge is 0.398 e. The third kappa shape index (κ3) is 3.15. The van der Waals surface area contributed by atoms with Crippen molar-refractivity contribution in [2.45, 2.75) is 44.9 Å². The van der Waals surface area contributed by atoms with Crippen molar-refractivity contribution in [3.63, 3.8) is 0 Å². The molecule has 0 aliphatic heterocycles. The van der Waals surface area contributed by atoms with E-state index in [1.807, 2.05) is 0 Å². The monoisotopic (exact) mass is 296 g/mol. The maximum atomic E-state index is 12.5. The van der Waals surface area contributed by atoms with Gasteiger partial charge in [0.25, 0.3) is 0 Å². The highest BCUT2D eigenvalue weighted by Crippen LogP contribution is 2.30. The lowest BCUT2D eigenvalue weighted by molar-refractivity contribution is 0.498. The predicted octanol–water partition coefficient (Wildman–Crippen LogP) is 2.60. The number of nitrogens with two attached hydrogens (primary N) is 1. The molecule has 1 aromatic rings. The molecule has 0 bridgehead atoms. The molecule has 4 nitrogen and oxygen atoms in total. The maximum Gasteiger partial charge on any atom is 0.241 e. The van der Waals surface area contributed by atoms with Gasteiger partial charge in [0.2, 0.25) is 10.0 Å². The highest BCUT2D eigenvalue weighted by Gasteiger charge is 2.25. The zero-order chi connectivity index (χ0) is 14.9. The Morgan fingerprint density at radius 1 is 1.30 bits per heavy atom. The SMILES string of the molecule is Cc1ccc(N)c(C)c1S(=O)(=O)NCC1CCC(C)C1. The first-order valence-corrected chi connectivity index (χ1v) is 8.65. The zero-order valence-corrected chi connectivity index (χ0v) is 13.3. The number of rotatable bonds is 4. The molecule has 0 saturated heterocycles. The molecular formula is C15H24N2O2S. The van der Waals surface area contributed by atoms with Gasteiger partial charge < -0.3 is 5.73 Å². The fourth-order valence-corrected chi connectivity index (χ4v) is 4.68. The van der Waals surface area contributed by atoms with E-state index in [2.05, 4.69) is 11.6 Å². The van der Waals surface area contributed by atoms with Crippen LogP contribution in [-0.2, 0) is 10.0 Å². The number of nitrogen functional groups attached to an aromatic ring is 1. The van der Waals surface area contributed by atoms with Crippen molar-refractivity contribution in [1.29, 1.82) is 0 Å². The molecule has 0 radical (unpaired) electrons. The summed E-state index contributed by atoms with van der Waals surface area (Å²) in [5.41, 5.74) is 7.73. The molecule has 2 atom stereocenters.